The van der Waals surface area contributed by atoms with Gasteiger partial charge in [0, 0.05) is 5.39 Å². The van der Waals surface area contributed by atoms with E-state index in [1.165, 1.54) is 12.1 Å². The van der Waals surface area contributed by atoms with Crippen LogP contribution in [0.3, 0.4) is 0 Å². The van der Waals surface area contributed by atoms with Crippen molar-refractivity contribution in [3.8, 4) is 0 Å². The van der Waals surface area contributed by atoms with Gasteiger partial charge in [0.15, 0.2) is 0 Å². The van der Waals surface area contributed by atoms with E-state index in [2.05, 4.69) is 0 Å². The molecule has 3 nitrogen and oxygen atoms in total. The molecule has 1 aromatic carbocycles. The molecule has 0 unspecified atom stereocenters. The Balaban J connectivity index is 2.31. The van der Waals surface area contributed by atoms with Crippen LogP contribution in [-0.4, -0.2) is 4.68 Å². The van der Waals surface area contributed by atoms with Crippen molar-refractivity contribution in [1.82, 2.24) is 4.68 Å². The third-order valence-corrected chi connectivity index (χ3v) is 4.29. The molecule has 2 aromatic rings. The SMILES string of the molecule is Nn1c(=O)c(F)c(C(F)(F)F)c2ccc(C3CCCC3)cc21. The van der Waals surface area contributed by atoms with Crippen LogP contribution >= 0.6 is 0 Å². The maximum absolute atomic E-state index is 13.8. The standard InChI is InChI=1S/C15H14F4N2O/c16-13-12(15(17,18)19)10-6-5-9(8-3-1-2-4-8)7-11(10)21(20)14(13)22/h5-8H,1-4,20H2. The number of aromatic nitrogens is 1. The molecular formula is C15H14F4N2O. The Labute approximate surface area is 123 Å². The molecule has 1 aliphatic rings. The van der Waals surface area contributed by atoms with E-state index in [0.29, 0.717) is 4.68 Å². The van der Waals surface area contributed by atoms with Gasteiger partial charge in [-0.05, 0) is 30.4 Å². The molecule has 1 saturated carbocycles. The van der Waals surface area contributed by atoms with E-state index >= 15 is 0 Å². The van der Waals surface area contributed by atoms with Crippen LogP contribution in [-0.2, 0) is 6.18 Å². The van der Waals surface area contributed by atoms with E-state index in [9.17, 15) is 22.4 Å². The van der Waals surface area contributed by atoms with Crippen LogP contribution in [0.1, 0.15) is 42.7 Å². The third kappa shape index (κ3) is 2.24. The number of hydrogen-bond donors (Lipinski definition) is 1. The summed E-state index contributed by atoms with van der Waals surface area (Å²) in [5.74, 6) is 3.88. The fourth-order valence-corrected chi connectivity index (χ4v) is 3.19. The highest BCUT2D eigenvalue weighted by atomic mass is 19.4. The number of nitrogen functional groups attached to an aromatic ring is 1. The lowest BCUT2D eigenvalue weighted by Gasteiger charge is -2.16. The van der Waals surface area contributed by atoms with Gasteiger partial charge in [0.2, 0.25) is 5.82 Å². The molecule has 0 amide bonds. The van der Waals surface area contributed by atoms with Gasteiger partial charge in [-0.15, -0.1) is 0 Å². The van der Waals surface area contributed by atoms with Crippen LogP contribution in [0.2, 0.25) is 0 Å². The Hall–Kier alpha value is -2.05. The summed E-state index contributed by atoms with van der Waals surface area (Å²) in [6, 6.07) is 4.25. The lowest BCUT2D eigenvalue weighted by Crippen LogP contribution is -2.32. The summed E-state index contributed by atoms with van der Waals surface area (Å²) in [6.45, 7) is 0. The number of halogens is 4. The summed E-state index contributed by atoms with van der Waals surface area (Å²) in [5.41, 5.74) is -2.28. The van der Waals surface area contributed by atoms with Crippen molar-refractivity contribution < 1.29 is 17.6 Å². The van der Waals surface area contributed by atoms with Gasteiger partial charge in [-0.2, -0.15) is 13.2 Å². The molecule has 1 aliphatic carbocycles. The number of nitrogens with zero attached hydrogens (tertiary/aromatic N) is 1. The molecule has 1 fully saturated rings. The van der Waals surface area contributed by atoms with Gasteiger partial charge in [0.25, 0.3) is 0 Å². The minimum absolute atomic E-state index is 0.0943. The number of nitrogens with two attached hydrogens (primary N) is 1. The predicted octanol–water partition coefficient (Wildman–Crippen LogP) is 3.53. The van der Waals surface area contributed by atoms with Crippen molar-refractivity contribution in [2.75, 3.05) is 5.84 Å². The monoisotopic (exact) mass is 314 g/mol. The lowest BCUT2D eigenvalue weighted by atomic mass is 9.95. The third-order valence-electron chi connectivity index (χ3n) is 4.29. The maximum Gasteiger partial charge on any atom is 0.420 e. The van der Waals surface area contributed by atoms with Crippen molar-refractivity contribution in [1.29, 1.82) is 0 Å². The number of fused-ring (bicyclic) bond motifs is 1. The van der Waals surface area contributed by atoms with E-state index in [1.54, 1.807) is 6.07 Å². The second-order valence-corrected chi connectivity index (χ2v) is 5.62. The molecule has 118 valence electrons. The molecular weight excluding hydrogens is 300 g/mol. The highest BCUT2D eigenvalue weighted by Crippen LogP contribution is 2.38. The first kappa shape index (κ1) is 14.9. The minimum atomic E-state index is -4.95. The Morgan fingerprint density at radius 2 is 1.82 bits per heavy atom. The van der Waals surface area contributed by atoms with E-state index < -0.39 is 28.5 Å². The van der Waals surface area contributed by atoms with Crippen LogP contribution in [0.5, 0.6) is 0 Å². The zero-order chi connectivity index (χ0) is 16.1. The molecule has 0 atom stereocenters. The van der Waals surface area contributed by atoms with Crippen molar-refractivity contribution >= 4 is 10.9 Å². The predicted molar refractivity (Wildman–Crippen MR) is 74.5 cm³/mol. The summed E-state index contributed by atoms with van der Waals surface area (Å²) in [7, 11) is 0. The molecule has 0 aliphatic heterocycles. The number of alkyl halides is 3. The minimum Gasteiger partial charge on any atom is -0.336 e. The fraction of sp³-hybridized carbons (Fsp3) is 0.400. The molecule has 0 bridgehead atoms. The molecule has 0 saturated heterocycles. The van der Waals surface area contributed by atoms with Gasteiger partial charge in [-0.25, -0.2) is 9.07 Å². The molecule has 0 spiro atoms. The summed E-state index contributed by atoms with van der Waals surface area (Å²) in [5, 5.41) is -0.395. The first-order valence-electron chi connectivity index (χ1n) is 7.01. The average molecular weight is 314 g/mol. The Kier molecular flexibility index (Phi) is 3.38. The van der Waals surface area contributed by atoms with Crippen LogP contribution < -0.4 is 11.4 Å². The van der Waals surface area contributed by atoms with Gasteiger partial charge in [0.05, 0.1) is 5.52 Å². The number of benzene rings is 1. The average Bonchev–Trinajstić information content (AvgIpc) is 2.97. The molecule has 3 rings (SSSR count). The molecule has 1 aromatic heterocycles. The van der Waals surface area contributed by atoms with Crippen molar-refractivity contribution in [3.63, 3.8) is 0 Å². The number of hydrogen-bond acceptors (Lipinski definition) is 2. The van der Waals surface area contributed by atoms with Gasteiger partial charge in [-0.1, -0.05) is 25.0 Å². The highest BCUT2D eigenvalue weighted by molar-refractivity contribution is 5.84. The van der Waals surface area contributed by atoms with E-state index in [4.69, 9.17) is 5.84 Å². The summed E-state index contributed by atoms with van der Waals surface area (Å²) < 4.78 is 53.4. The summed E-state index contributed by atoms with van der Waals surface area (Å²) >= 11 is 0. The topological polar surface area (TPSA) is 48.0 Å². The van der Waals surface area contributed by atoms with E-state index in [-0.39, 0.29) is 11.4 Å². The number of pyridine rings is 1. The zero-order valence-electron chi connectivity index (χ0n) is 11.6. The first-order chi connectivity index (χ1) is 10.3. The second-order valence-electron chi connectivity index (χ2n) is 5.62. The maximum atomic E-state index is 13.8. The fourth-order valence-electron chi connectivity index (χ4n) is 3.19. The van der Waals surface area contributed by atoms with E-state index in [1.807, 2.05) is 0 Å². The summed E-state index contributed by atoms with van der Waals surface area (Å²) in [6.07, 6.45) is -0.920. The molecule has 2 N–H and O–H groups in total. The van der Waals surface area contributed by atoms with Crippen molar-refractivity contribution in [2.45, 2.75) is 37.8 Å². The number of rotatable bonds is 1. The van der Waals surface area contributed by atoms with Crippen LogP contribution in [0.25, 0.3) is 10.9 Å². The van der Waals surface area contributed by atoms with Crippen LogP contribution in [0.4, 0.5) is 17.6 Å². The molecule has 1 heterocycles. The lowest BCUT2D eigenvalue weighted by molar-refractivity contribution is -0.138. The van der Waals surface area contributed by atoms with Gasteiger partial charge in [0.1, 0.15) is 5.56 Å². The Morgan fingerprint density at radius 3 is 2.41 bits per heavy atom. The molecule has 22 heavy (non-hydrogen) atoms. The second kappa shape index (κ2) is 5.00. The molecule has 7 heteroatoms. The smallest absolute Gasteiger partial charge is 0.336 e. The van der Waals surface area contributed by atoms with Crippen LogP contribution in [0, 0.1) is 5.82 Å². The van der Waals surface area contributed by atoms with Gasteiger partial charge in [-0.3, -0.25) is 4.79 Å². The first-order valence-corrected chi connectivity index (χ1v) is 7.01. The summed E-state index contributed by atoms with van der Waals surface area (Å²) in [4.78, 5) is 11.6. The van der Waals surface area contributed by atoms with Crippen molar-refractivity contribution in [2.24, 2.45) is 0 Å². The quantitative estimate of drug-likeness (QED) is 0.646. The molecule has 0 radical (unpaired) electrons. The van der Waals surface area contributed by atoms with E-state index in [0.717, 1.165) is 31.2 Å². The van der Waals surface area contributed by atoms with Crippen LogP contribution in [0.15, 0.2) is 23.0 Å². The van der Waals surface area contributed by atoms with Crippen molar-refractivity contribution in [3.05, 3.63) is 45.5 Å². The van der Waals surface area contributed by atoms with Gasteiger partial charge >= 0.3 is 11.7 Å². The highest BCUT2D eigenvalue weighted by Gasteiger charge is 2.38. The zero-order valence-corrected chi connectivity index (χ0v) is 11.6. The Morgan fingerprint density at radius 1 is 1.18 bits per heavy atom. The largest absolute Gasteiger partial charge is 0.420 e. The van der Waals surface area contributed by atoms with Gasteiger partial charge < -0.3 is 5.84 Å². The normalized spacial score (nSPS) is 16.5. The Bertz CT molecular complexity index is 789.